The van der Waals surface area contributed by atoms with E-state index in [0.717, 1.165) is 72.8 Å². The van der Waals surface area contributed by atoms with Crippen LogP contribution in [0.4, 0.5) is 10.5 Å². The Morgan fingerprint density at radius 2 is 2.14 bits per heavy atom. The Morgan fingerprint density at radius 1 is 1.29 bits per heavy atom. The molecule has 0 spiro atoms. The number of piperidine rings is 1. The van der Waals surface area contributed by atoms with E-state index in [1.54, 1.807) is 0 Å². The number of amides is 2. The molecular formula is C21H27N5O2. The van der Waals surface area contributed by atoms with Crippen molar-refractivity contribution in [3.05, 3.63) is 41.5 Å². The van der Waals surface area contributed by atoms with Gasteiger partial charge < -0.3 is 19.3 Å². The van der Waals surface area contributed by atoms with Gasteiger partial charge in [0.25, 0.3) is 0 Å². The topological polar surface area (TPSA) is 76.2 Å². The quantitative estimate of drug-likeness (QED) is 0.712. The first kappa shape index (κ1) is 18.5. The van der Waals surface area contributed by atoms with Gasteiger partial charge >= 0.3 is 6.03 Å². The lowest BCUT2D eigenvalue weighted by molar-refractivity contribution is 0.159. The molecule has 0 bridgehead atoms. The maximum atomic E-state index is 13.0. The SMILES string of the molecule is CCc1nc2cc(NC(=O)N3CCCCC3c3cc(C)on3)ccc2n1CC. The van der Waals surface area contributed by atoms with Gasteiger partial charge in [-0.05, 0) is 51.3 Å². The molecule has 1 unspecified atom stereocenters. The number of carbonyl (C=O) groups is 1. The average molecular weight is 381 g/mol. The number of nitrogens with zero attached hydrogens (tertiary/aromatic N) is 4. The Kier molecular flexibility index (Phi) is 5.07. The first-order valence-electron chi connectivity index (χ1n) is 10.1. The van der Waals surface area contributed by atoms with Crippen molar-refractivity contribution in [3.8, 4) is 0 Å². The third kappa shape index (κ3) is 3.37. The van der Waals surface area contributed by atoms with E-state index in [4.69, 9.17) is 9.51 Å². The monoisotopic (exact) mass is 381 g/mol. The molecule has 7 nitrogen and oxygen atoms in total. The van der Waals surface area contributed by atoms with Crippen molar-refractivity contribution in [3.63, 3.8) is 0 Å². The Bertz CT molecular complexity index is 990. The van der Waals surface area contributed by atoms with Gasteiger partial charge in [-0.3, -0.25) is 0 Å². The number of carbonyl (C=O) groups excluding carboxylic acids is 1. The highest BCUT2D eigenvalue weighted by atomic mass is 16.5. The van der Waals surface area contributed by atoms with Crippen LogP contribution in [0.5, 0.6) is 0 Å². The normalized spacial score (nSPS) is 17.2. The van der Waals surface area contributed by atoms with Crippen LogP contribution in [0.15, 0.2) is 28.8 Å². The van der Waals surface area contributed by atoms with Crippen molar-refractivity contribution in [2.24, 2.45) is 0 Å². The number of nitrogens with one attached hydrogen (secondary N) is 1. The van der Waals surface area contributed by atoms with Crippen molar-refractivity contribution in [1.82, 2.24) is 19.6 Å². The van der Waals surface area contributed by atoms with Crippen LogP contribution in [0.25, 0.3) is 11.0 Å². The van der Waals surface area contributed by atoms with E-state index in [0.29, 0.717) is 0 Å². The van der Waals surface area contributed by atoms with Gasteiger partial charge in [-0.1, -0.05) is 12.1 Å². The fraction of sp³-hybridized carbons (Fsp3) is 0.476. The third-order valence-electron chi connectivity index (χ3n) is 5.46. The molecule has 4 rings (SSSR count). The molecule has 1 aromatic carbocycles. The Morgan fingerprint density at radius 3 is 2.86 bits per heavy atom. The maximum Gasteiger partial charge on any atom is 0.322 e. The van der Waals surface area contributed by atoms with Gasteiger partial charge in [-0.15, -0.1) is 0 Å². The van der Waals surface area contributed by atoms with Gasteiger partial charge in [0.05, 0.1) is 17.1 Å². The summed E-state index contributed by atoms with van der Waals surface area (Å²) in [6, 6.07) is 7.72. The summed E-state index contributed by atoms with van der Waals surface area (Å²) in [7, 11) is 0. The molecule has 148 valence electrons. The number of anilines is 1. The summed E-state index contributed by atoms with van der Waals surface area (Å²) >= 11 is 0. The number of urea groups is 1. The molecule has 1 aliphatic rings. The zero-order valence-corrected chi connectivity index (χ0v) is 16.7. The lowest BCUT2D eigenvalue weighted by Gasteiger charge is -2.34. The van der Waals surface area contributed by atoms with Crippen LogP contribution in [0.3, 0.4) is 0 Å². The highest BCUT2D eigenvalue weighted by molar-refractivity contribution is 5.92. The molecule has 1 fully saturated rings. The molecule has 28 heavy (non-hydrogen) atoms. The van der Waals surface area contributed by atoms with Crippen molar-refractivity contribution >= 4 is 22.8 Å². The van der Waals surface area contributed by atoms with E-state index in [1.807, 2.05) is 36.1 Å². The minimum Gasteiger partial charge on any atom is -0.361 e. The summed E-state index contributed by atoms with van der Waals surface area (Å²) in [6.07, 6.45) is 3.87. The second-order valence-corrected chi connectivity index (χ2v) is 7.33. The van der Waals surface area contributed by atoms with Gasteiger partial charge in [0, 0.05) is 31.3 Å². The van der Waals surface area contributed by atoms with Gasteiger partial charge in [0.2, 0.25) is 0 Å². The predicted molar refractivity (Wildman–Crippen MR) is 108 cm³/mol. The number of imidazole rings is 1. The zero-order valence-electron chi connectivity index (χ0n) is 16.7. The van der Waals surface area contributed by atoms with Crippen LogP contribution in [-0.4, -0.2) is 32.2 Å². The molecule has 0 radical (unpaired) electrons. The number of likely N-dealkylation sites (tertiary alicyclic amines) is 1. The van der Waals surface area contributed by atoms with E-state index in [2.05, 4.69) is 28.9 Å². The van der Waals surface area contributed by atoms with E-state index in [9.17, 15) is 4.79 Å². The lowest BCUT2D eigenvalue weighted by Crippen LogP contribution is -2.41. The van der Waals surface area contributed by atoms with E-state index < -0.39 is 0 Å². The van der Waals surface area contributed by atoms with Gasteiger partial charge in [-0.25, -0.2) is 9.78 Å². The summed E-state index contributed by atoms with van der Waals surface area (Å²) < 4.78 is 7.44. The molecule has 0 aliphatic carbocycles. The maximum absolute atomic E-state index is 13.0. The van der Waals surface area contributed by atoms with Crippen LogP contribution in [0, 0.1) is 6.92 Å². The first-order valence-corrected chi connectivity index (χ1v) is 10.1. The largest absolute Gasteiger partial charge is 0.361 e. The summed E-state index contributed by atoms with van der Waals surface area (Å²) in [4.78, 5) is 19.6. The van der Waals surface area contributed by atoms with E-state index >= 15 is 0 Å². The summed E-state index contributed by atoms with van der Waals surface area (Å²) in [6.45, 7) is 7.71. The smallest absolute Gasteiger partial charge is 0.322 e. The summed E-state index contributed by atoms with van der Waals surface area (Å²) in [5.41, 5.74) is 3.61. The number of hydrogen-bond donors (Lipinski definition) is 1. The summed E-state index contributed by atoms with van der Waals surface area (Å²) in [5, 5.41) is 7.20. The number of aromatic nitrogens is 3. The Labute approximate surface area is 164 Å². The van der Waals surface area contributed by atoms with Crippen LogP contribution < -0.4 is 5.32 Å². The highest BCUT2D eigenvalue weighted by Crippen LogP contribution is 2.31. The van der Waals surface area contributed by atoms with Crippen LogP contribution in [0.2, 0.25) is 0 Å². The molecule has 3 aromatic rings. The second-order valence-electron chi connectivity index (χ2n) is 7.33. The molecule has 2 aromatic heterocycles. The van der Waals surface area contributed by atoms with Crippen molar-refractivity contribution in [2.45, 2.75) is 59.0 Å². The van der Waals surface area contributed by atoms with Gasteiger partial charge in [-0.2, -0.15) is 0 Å². The molecular weight excluding hydrogens is 354 g/mol. The highest BCUT2D eigenvalue weighted by Gasteiger charge is 2.30. The van der Waals surface area contributed by atoms with E-state index in [-0.39, 0.29) is 12.1 Å². The van der Waals surface area contributed by atoms with E-state index in [1.165, 1.54) is 0 Å². The fourth-order valence-electron chi connectivity index (χ4n) is 4.10. The lowest BCUT2D eigenvalue weighted by atomic mass is 9.99. The molecule has 2 amide bonds. The first-order chi connectivity index (χ1) is 13.6. The minimum absolute atomic E-state index is 0.0408. The van der Waals surface area contributed by atoms with Gasteiger partial charge in [0.1, 0.15) is 17.3 Å². The van der Waals surface area contributed by atoms with Gasteiger partial charge in [0.15, 0.2) is 0 Å². The third-order valence-corrected chi connectivity index (χ3v) is 5.46. The van der Waals surface area contributed by atoms with Crippen LogP contribution in [-0.2, 0) is 13.0 Å². The van der Waals surface area contributed by atoms with Crippen molar-refractivity contribution in [2.75, 3.05) is 11.9 Å². The molecule has 1 atom stereocenters. The number of aryl methyl sites for hydroxylation is 3. The fourth-order valence-corrected chi connectivity index (χ4v) is 4.10. The van der Waals surface area contributed by atoms with Crippen molar-refractivity contribution in [1.29, 1.82) is 0 Å². The average Bonchev–Trinajstić information content (AvgIpc) is 3.30. The molecule has 1 aliphatic heterocycles. The van der Waals surface area contributed by atoms with Crippen LogP contribution in [0.1, 0.15) is 56.4 Å². The predicted octanol–water partition coefficient (Wildman–Crippen LogP) is 4.67. The molecule has 0 saturated carbocycles. The van der Waals surface area contributed by atoms with Crippen LogP contribution >= 0.6 is 0 Å². The number of benzene rings is 1. The molecule has 1 N–H and O–H groups in total. The Hall–Kier alpha value is -2.83. The standard InChI is InChI=1S/C21H27N5O2/c1-4-20-23-16-13-15(9-10-19(16)25(20)5-2)22-21(27)26-11-7-6-8-18(26)17-12-14(3)28-24-17/h9-10,12-13,18H,4-8,11H2,1-3H3,(H,22,27). The second kappa shape index (κ2) is 7.66. The summed E-state index contributed by atoms with van der Waals surface area (Å²) in [5.74, 6) is 1.84. The molecule has 3 heterocycles. The number of fused-ring (bicyclic) bond motifs is 1. The van der Waals surface area contributed by atoms with Crippen molar-refractivity contribution < 1.29 is 9.32 Å². The number of hydrogen-bond acceptors (Lipinski definition) is 4. The minimum atomic E-state index is -0.102. The zero-order chi connectivity index (χ0) is 19.7. The Balaban J connectivity index is 1.56. The number of rotatable bonds is 4. The molecule has 7 heteroatoms. The molecule has 1 saturated heterocycles.